The third kappa shape index (κ3) is 4.08. The predicted octanol–water partition coefficient (Wildman–Crippen LogP) is 3.86. The number of benzene rings is 1. The first-order chi connectivity index (χ1) is 13.8. The number of nitrogens with zero attached hydrogens (tertiary/aromatic N) is 4. The lowest BCUT2D eigenvalue weighted by Crippen LogP contribution is -2.55. The molecule has 1 aromatic rings. The van der Waals surface area contributed by atoms with Gasteiger partial charge >= 0.3 is 0 Å². The summed E-state index contributed by atoms with van der Waals surface area (Å²) < 4.78 is 4.42. The van der Waals surface area contributed by atoms with Crippen LogP contribution in [0.25, 0.3) is 4.91 Å². The molecule has 4 aliphatic rings. The van der Waals surface area contributed by atoms with Crippen LogP contribution in [0.1, 0.15) is 36.0 Å². The molecule has 1 saturated carbocycles. The molecule has 0 bridgehead atoms. The molecule has 7 heteroatoms. The van der Waals surface area contributed by atoms with Gasteiger partial charge in [-0.2, -0.15) is 0 Å². The van der Waals surface area contributed by atoms with Gasteiger partial charge in [-0.15, -0.1) is 0 Å². The fraction of sp³-hybridized carbons (Fsp3) is 0.571. The van der Waals surface area contributed by atoms with Crippen molar-refractivity contribution in [2.75, 3.05) is 39.3 Å². The van der Waals surface area contributed by atoms with Crippen LogP contribution < -0.4 is 0 Å². The van der Waals surface area contributed by atoms with Crippen molar-refractivity contribution in [1.82, 2.24) is 14.7 Å². The van der Waals surface area contributed by atoms with E-state index in [-0.39, 0.29) is 19.6 Å². The molecule has 0 radical (unpaired) electrons. The molecule has 150 valence electrons. The summed E-state index contributed by atoms with van der Waals surface area (Å²) in [6.45, 7) is 6.37. The number of amides is 1. The fourth-order valence-electron chi connectivity index (χ4n) is 4.54. The Morgan fingerprint density at radius 2 is 2.00 bits per heavy atom. The quantitative estimate of drug-likeness (QED) is 0.577. The van der Waals surface area contributed by atoms with Crippen LogP contribution in [-0.4, -0.2) is 65.9 Å². The summed E-state index contributed by atoms with van der Waals surface area (Å²) >= 11 is -0.0695. The topological polar surface area (TPSA) is 39.2 Å². The summed E-state index contributed by atoms with van der Waals surface area (Å²) in [6.07, 6.45) is 7.17. The highest BCUT2D eigenvalue weighted by atomic mass is 127. The lowest BCUT2D eigenvalue weighted by atomic mass is 9.91. The predicted molar refractivity (Wildman–Crippen MR) is 123 cm³/mol. The van der Waals surface area contributed by atoms with Crippen molar-refractivity contribution in [2.45, 2.75) is 38.3 Å². The van der Waals surface area contributed by atoms with E-state index < -0.39 is 0 Å². The zero-order valence-electron chi connectivity index (χ0n) is 16.1. The van der Waals surface area contributed by atoms with Crippen molar-refractivity contribution in [2.24, 2.45) is 3.15 Å². The summed E-state index contributed by atoms with van der Waals surface area (Å²) in [7, 11) is 1.92. The van der Waals surface area contributed by atoms with Gasteiger partial charge in [0.15, 0.2) is 0 Å². The molecule has 0 spiro atoms. The lowest BCUT2D eigenvalue weighted by molar-refractivity contribution is -0.135. The highest BCUT2D eigenvalue weighted by Crippen LogP contribution is 2.43. The monoisotopic (exact) mass is 510 g/mol. The molecule has 0 N–H and O–H groups in total. The van der Waals surface area contributed by atoms with Crippen LogP contribution in [-0.2, 0) is 17.8 Å². The Morgan fingerprint density at radius 3 is 2.71 bits per heavy atom. The first kappa shape index (κ1) is 19.2. The minimum absolute atomic E-state index is 0.0695. The Balaban J connectivity index is 1.15. The second-order valence-corrected chi connectivity index (χ2v) is 12.0. The molecule has 0 atom stereocenters. The molecule has 3 aliphatic heterocycles. The molecule has 5 rings (SSSR count). The van der Waals surface area contributed by atoms with Gasteiger partial charge < -0.3 is 4.90 Å². The fourth-order valence-corrected chi connectivity index (χ4v) is 7.89. The number of carbonyl (C=O) groups excluding carboxylic acids is 1. The van der Waals surface area contributed by atoms with Gasteiger partial charge in [0.2, 0.25) is 5.91 Å². The number of carbonyl (C=O) groups is 1. The van der Waals surface area contributed by atoms with Crippen molar-refractivity contribution in [3.8, 4) is 0 Å². The van der Waals surface area contributed by atoms with Crippen LogP contribution in [0, 0.1) is 0 Å². The molecular formula is C21H27IN4OS. The second-order valence-electron chi connectivity index (χ2n) is 8.18. The maximum Gasteiger partial charge on any atom is 0.236 e. The minimum Gasteiger partial charge on any atom is -0.339 e. The van der Waals surface area contributed by atoms with E-state index in [2.05, 4.69) is 36.0 Å². The van der Waals surface area contributed by atoms with Crippen LogP contribution in [0.15, 0.2) is 27.5 Å². The lowest BCUT2D eigenvalue weighted by Gasteiger charge is -2.43. The number of rotatable bonds is 4. The summed E-state index contributed by atoms with van der Waals surface area (Å²) in [4.78, 5) is 21.1. The van der Waals surface area contributed by atoms with Crippen LogP contribution in [0.4, 0.5) is 0 Å². The smallest absolute Gasteiger partial charge is 0.236 e. The minimum atomic E-state index is -0.0695. The van der Waals surface area contributed by atoms with Gasteiger partial charge in [-0.3, -0.25) is 14.6 Å². The van der Waals surface area contributed by atoms with Crippen molar-refractivity contribution in [1.29, 1.82) is 0 Å². The molecule has 5 nitrogen and oxygen atoms in total. The van der Waals surface area contributed by atoms with Gasteiger partial charge in [0.05, 0.1) is 26.2 Å². The van der Waals surface area contributed by atoms with Crippen molar-refractivity contribution in [3.63, 3.8) is 0 Å². The van der Waals surface area contributed by atoms with Gasteiger partial charge in [-0.25, -0.2) is 3.15 Å². The van der Waals surface area contributed by atoms with Gasteiger partial charge in [0, 0.05) is 56.4 Å². The zero-order chi connectivity index (χ0) is 18.9. The second kappa shape index (κ2) is 8.53. The van der Waals surface area contributed by atoms with Gasteiger partial charge in [-0.1, -0.05) is 24.6 Å². The standard InChI is InChI=1S/C21H27IN4OS/c27-21(26-10-8-25(9-11-26)19-2-1-3-19)15-24-7-6-16-12-17(4-5-18(16)14-24)20-13-23-22-28-20/h4-5,12-13,19H,1-3,6-11,14-15H2. The summed E-state index contributed by atoms with van der Waals surface area (Å²) in [5.41, 5.74) is 4.15. The first-order valence-electron chi connectivity index (χ1n) is 10.3. The summed E-state index contributed by atoms with van der Waals surface area (Å²) in [6, 6.07) is 7.64. The zero-order valence-corrected chi connectivity index (χ0v) is 19.1. The molecule has 28 heavy (non-hydrogen) atoms. The Labute approximate surface area is 180 Å². The maximum absolute atomic E-state index is 12.8. The molecule has 0 aromatic heterocycles. The van der Waals surface area contributed by atoms with Crippen LogP contribution in [0.3, 0.4) is 0 Å². The molecule has 2 fully saturated rings. The van der Waals surface area contributed by atoms with Crippen LogP contribution in [0.5, 0.6) is 0 Å². The highest BCUT2D eigenvalue weighted by Gasteiger charge is 2.30. The number of piperazine rings is 1. The average molecular weight is 510 g/mol. The van der Waals surface area contributed by atoms with Gasteiger partial charge in [0.25, 0.3) is 0 Å². The van der Waals surface area contributed by atoms with E-state index in [9.17, 15) is 4.79 Å². The van der Waals surface area contributed by atoms with Crippen LogP contribution in [0.2, 0.25) is 0 Å². The van der Waals surface area contributed by atoms with E-state index >= 15 is 0 Å². The number of halogens is 1. The largest absolute Gasteiger partial charge is 0.339 e. The Morgan fingerprint density at radius 1 is 1.14 bits per heavy atom. The molecular weight excluding hydrogens is 483 g/mol. The van der Waals surface area contributed by atoms with E-state index in [0.29, 0.717) is 12.5 Å². The normalized spacial score (nSPS) is 23.7. The number of hydrogen-bond donors (Lipinski definition) is 0. The van der Waals surface area contributed by atoms with Crippen molar-refractivity contribution in [3.05, 3.63) is 41.1 Å². The van der Waals surface area contributed by atoms with E-state index in [1.165, 1.54) is 40.9 Å². The number of fused-ring (bicyclic) bond motifs is 1. The highest BCUT2D eigenvalue weighted by molar-refractivity contribution is 14.2. The average Bonchev–Trinajstić information content (AvgIpc) is 3.21. The Hall–Kier alpha value is -0.770. The maximum atomic E-state index is 12.8. The van der Waals surface area contributed by atoms with E-state index in [4.69, 9.17) is 0 Å². The molecule has 1 aliphatic carbocycles. The van der Waals surface area contributed by atoms with E-state index in [0.717, 1.165) is 51.7 Å². The first-order valence-corrected chi connectivity index (χ1v) is 14.7. The molecule has 1 aromatic carbocycles. The Bertz CT molecular complexity index is 815. The SMILES string of the molecule is O=C(CN1CCc2cc(C3=CN=IS3)ccc2C1)N1CCN(C2CCC2)CC1. The molecule has 3 heterocycles. The Kier molecular flexibility index (Phi) is 5.86. The summed E-state index contributed by atoms with van der Waals surface area (Å²) in [5, 5.41) is 0. The molecule has 0 unspecified atom stereocenters. The third-order valence-corrected chi connectivity index (χ3v) is 10.2. The number of hydrogen-bond acceptors (Lipinski definition) is 5. The van der Waals surface area contributed by atoms with Crippen molar-refractivity contribution >= 4 is 39.4 Å². The van der Waals surface area contributed by atoms with Gasteiger partial charge in [0.1, 0.15) is 0 Å². The molecule has 1 saturated heterocycles. The van der Waals surface area contributed by atoms with Crippen LogP contribution >= 0.6 is 28.6 Å². The van der Waals surface area contributed by atoms with E-state index in [1.807, 2.05) is 15.1 Å². The third-order valence-electron chi connectivity index (χ3n) is 6.52. The van der Waals surface area contributed by atoms with Gasteiger partial charge in [-0.05, 0) is 44.9 Å². The summed E-state index contributed by atoms with van der Waals surface area (Å²) in [5.74, 6) is 0.311. The van der Waals surface area contributed by atoms with E-state index in [1.54, 1.807) is 0 Å². The molecule has 1 amide bonds. The van der Waals surface area contributed by atoms with Crippen molar-refractivity contribution < 1.29 is 4.79 Å².